The smallest absolute Gasteiger partial charge is 0.335 e. The van der Waals surface area contributed by atoms with Crippen molar-refractivity contribution in [3.8, 4) is 11.1 Å². The molecule has 1 amide bonds. The van der Waals surface area contributed by atoms with E-state index in [0.29, 0.717) is 23.0 Å². The summed E-state index contributed by atoms with van der Waals surface area (Å²) in [4.78, 5) is 23.0. The highest BCUT2D eigenvalue weighted by Gasteiger charge is 2.23. The Bertz CT molecular complexity index is 1520. The lowest BCUT2D eigenvalue weighted by atomic mass is 9.83. The Morgan fingerprint density at radius 3 is 2.17 bits per heavy atom. The highest BCUT2D eigenvalue weighted by Crippen LogP contribution is 2.29. The maximum absolute atomic E-state index is 13.1. The maximum atomic E-state index is 13.1. The minimum absolute atomic E-state index is 0.162. The normalized spacial score (nSPS) is 14.3. The number of nitrogens with zero attached hydrogens (tertiary/aromatic N) is 1. The van der Waals surface area contributed by atoms with Crippen molar-refractivity contribution < 1.29 is 23.7 Å². The van der Waals surface area contributed by atoms with Gasteiger partial charge in [0.15, 0.2) is 0 Å². The first-order valence-corrected chi connectivity index (χ1v) is 13.7. The highest BCUT2D eigenvalue weighted by molar-refractivity contribution is 6.30. The van der Waals surface area contributed by atoms with Crippen LogP contribution < -0.4 is 5.32 Å². The highest BCUT2D eigenvalue weighted by atomic mass is 35.5. The van der Waals surface area contributed by atoms with Gasteiger partial charge in [-0.2, -0.15) is 0 Å². The van der Waals surface area contributed by atoms with Gasteiger partial charge >= 0.3 is 5.97 Å². The van der Waals surface area contributed by atoms with Crippen LogP contribution in [0.2, 0.25) is 5.02 Å². The molecule has 0 bridgehead atoms. The Kier molecular flexibility index (Phi) is 9.55. The Labute approximate surface area is 244 Å². The van der Waals surface area contributed by atoms with Crippen LogP contribution in [0.15, 0.2) is 91.0 Å². The number of rotatable bonds is 6. The zero-order chi connectivity index (χ0) is 29.6. The first-order chi connectivity index (χ1) is 19.5. The quantitative estimate of drug-likeness (QED) is 0.185. The summed E-state index contributed by atoms with van der Waals surface area (Å²) in [6, 6.07) is 25.8. The number of carboxylic acid groups (broad SMARTS) is 1. The lowest BCUT2D eigenvalue weighted by Gasteiger charge is -2.38. The number of hydrogen-bond donors (Lipinski definition) is 2. The number of amides is 1. The monoisotopic (exact) mass is 574 g/mol. The van der Waals surface area contributed by atoms with Crippen LogP contribution in [0.5, 0.6) is 0 Å². The van der Waals surface area contributed by atoms with E-state index in [1.807, 2.05) is 24.3 Å². The molecule has 0 aliphatic heterocycles. The largest absolute Gasteiger partial charge is 0.633 e. The van der Waals surface area contributed by atoms with Crippen molar-refractivity contribution >= 4 is 29.2 Å². The van der Waals surface area contributed by atoms with E-state index in [4.69, 9.17) is 16.7 Å². The second-order valence-electron chi connectivity index (χ2n) is 10.7. The van der Waals surface area contributed by atoms with Crippen molar-refractivity contribution in [2.24, 2.45) is 5.92 Å². The minimum atomic E-state index is -0.956. The molecule has 1 aliphatic carbocycles. The van der Waals surface area contributed by atoms with Crippen LogP contribution in [-0.4, -0.2) is 42.3 Å². The molecular formula is C33H32ClFN2O4. The number of anilines is 1. The van der Waals surface area contributed by atoms with Crippen LogP contribution in [0.1, 0.15) is 38.3 Å². The number of hydroxylamine groups is 3. The van der Waals surface area contributed by atoms with E-state index < -0.39 is 5.97 Å². The second kappa shape index (κ2) is 13.1. The van der Waals surface area contributed by atoms with Crippen LogP contribution in [0.4, 0.5) is 10.1 Å². The Hall–Kier alpha value is -4.04. The van der Waals surface area contributed by atoms with E-state index in [1.165, 1.54) is 35.4 Å². The topological polar surface area (TPSA) is 89.5 Å². The molecule has 1 unspecified atom stereocenters. The van der Waals surface area contributed by atoms with Gasteiger partial charge in [-0.1, -0.05) is 48.0 Å². The zero-order valence-corrected chi connectivity index (χ0v) is 23.7. The van der Waals surface area contributed by atoms with E-state index >= 15 is 0 Å². The average Bonchev–Trinajstić information content (AvgIpc) is 2.93. The number of aryl methyl sites for hydroxylation is 1. The van der Waals surface area contributed by atoms with Gasteiger partial charge in [0.05, 0.1) is 26.2 Å². The Balaban J connectivity index is 0.000000328. The lowest BCUT2D eigenvalue weighted by molar-refractivity contribution is -0.843. The van der Waals surface area contributed by atoms with Crippen molar-refractivity contribution in [2.75, 3.05) is 26.0 Å². The summed E-state index contributed by atoms with van der Waals surface area (Å²) in [6.45, 7) is 0.631. The number of carbonyl (C=O) groups is 2. The van der Waals surface area contributed by atoms with Crippen LogP contribution in [0, 0.1) is 16.9 Å². The third kappa shape index (κ3) is 8.72. The summed E-state index contributed by atoms with van der Waals surface area (Å²) in [5.74, 6) is -0.985. The molecular weight excluding hydrogens is 543 g/mol. The summed E-state index contributed by atoms with van der Waals surface area (Å²) < 4.78 is 12.8. The molecule has 5 rings (SSSR count). The first kappa shape index (κ1) is 29.9. The van der Waals surface area contributed by atoms with Gasteiger partial charge in [0.25, 0.3) is 5.91 Å². The fraction of sp³-hybridized carbons (Fsp3) is 0.212. The lowest BCUT2D eigenvalue weighted by Crippen LogP contribution is -2.39. The van der Waals surface area contributed by atoms with Crippen molar-refractivity contribution in [3.63, 3.8) is 0 Å². The summed E-state index contributed by atoms with van der Waals surface area (Å²) in [6.07, 6.45) is 2.84. The molecule has 0 radical (unpaired) electrons. The van der Waals surface area contributed by atoms with Gasteiger partial charge < -0.3 is 20.3 Å². The van der Waals surface area contributed by atoms with E-state index in [0.717, 1.165) is 36.1 Å². The molecule has 0 aromatic heterocycles. The summed E-state index contributed by atoms with van der Waals surface area (Å²) in [7, 11) is 3.39. The van der Waals surface area contributed by atoms with Gasteiger partial charge in [0.2, 0.25) is 0 Å². The summed E-state index contributed by atoms with van der Waals surface area (Å²) in [5.41, 5.74) is 5.92. The number of carboxylic acids is 1. The van der Waals surface area contributed by atoms with Crippen LogP contribution in [0.3, 0.4) is 0 Å². The maximum Gasteiger partial charge on any atom is 0.335 e. The number of halogens is 2. The SMILES string of the molecule is C[N+](C)([O-])CC1CCc2cc(NC(=O)c3ccc(-c4ccc(F)cc4)cc3)ccc2C1.O=C(O)c1cccc(Cl)c1. The van der Waals surface area contributed by atoms with Crippen molar-refractivity contribution in [2.45, 2.75) is 19.3 Å². The van der Waals surface area contributed by atoms with Crippen molar-refractivity contribution in [1.29, 1.82) is 0 Å². The van der Waals surface area contributed by atoms with E-state index in [9.17, 15) is 19.2 Å². The first-order valence-electron chi connectivity index (χ1n) is 13.3. The third-order valence-electron chi connectivity index (χ3n) is 6.89. The Morgan fingerprint density at radius 2 is 1.59 bits per heavy atom. The van der Waals surface area contributed by atoms with Crippen molar-refractivity contribution in [3.05, 3.63) is 129 Å². The standard InChI is InChI=1S/C26H27FN2O2.C7H5ClO2/c1-29(2,31)17-18-3-4-23-16-25(14-11-22(23)15-18)28-26(30)21-7-5-19(6-8-21)20-9-12-24(27)13-10-20;8-6-3-1-2-5(4-6)7(9)10/h5-14,16,18H,3-4,15,17H2,1-2H3,(H,28,30);1-4H,(H,9,10). The molecule has 1 aliphatic rings. The molecule has 1 atom stereocenters. The molecule has 0 saturated heterocycles. The molecule has 2 N–H and O–H groups in total. The molecule has 4 aromatic carbocycles. The second-order valence-corrected chi connectivity index (χ2v) is 11.1. The third-order valence-corrected chi connectivity index (χ3v) is 7.12. The number of quaternary nitrogens is 1. The molecule has 0 fully saturated rings. The fourth-order valence-electron chi connectivity index (χ4n) is 4.97. The van der Waals surface area contributed by atoms with E-state index in [1.54, 1.807) is 50.5 Å². The molecule has 41 heavy (non-hydrogen) atoms. The van der Waals surface area contributed by atoms with Gasteiger partial charge in [-0.05, 0) is 96.1 Å². The average molecular weight is 575 g/mol. The van der Waals surface area contributed by atoms with Gasteiger partial charge in [-0.25, -0.2) is 9.18 Å². The zero-order valence-electron chi connectivity index (χ0n) is 22.9. The molecule has 8 heteroatoms. The predicted molar refractivity (Wildman–Crippen MR) is 160 cm³/mol. The minimum Gasteiger partial charge on any atom is -0.633 e. The van der Waals surface area contributed by atoms with E-state index in [2.05, 4.69) is 11.4 Å². The molecule has 212 valence electrons. The number of benzene rings is 4. The Morgan fingerprint density at radius 1 is 0.927 bits per heavy atom. The number of carbonyl (C=O) groups excluding carboxylic acids is 1. The van der Waals surface area contributed by atoms with Gasteiger partial charge in [0.1, 0.15) is 5.82 Å². The molecule has 0 spiro atoms. The molecule has 0 heterocycles. The van der Waals surface area contributed by atoms with Gasteiger partial charge in [0, 0.05) is 22.2 Å². The number of hydrogen-bond acceptors (Lipinski definition) is 3. The molecule has 6 nitrogen and oxygen atoms in total. The van der Waals surface area contributed by atoms with Gasteiger partial charge in [-0.15, -0.1) is 0 Å². The van der Waals surface area contributed by atoms with Crippen LogP contribution >= 0.6 is 11.6 Å². The number of aromatic carboxylic acids is 1. The van der Waals surface area contributed by atoms with E-state index in [-0.39, 0.29) is 21.9 Å². The predicted octanol–water partition coefficient (Wildman–Crippen LogP) is 7.46. The molecule has 0 saturated carbocycles. The number of nitrogens with one attached hydrogen (secondary N) is 1. The summed E-state index contributed by atoms with van der Waals surface area (Å²) >= 11 is 5.53. The molecule has 4 aromatic rings. The van der Waals surface area contributed by atoms with Crippen LogP contribution in [0.25, 0.3) is 11.1 Å². The number of fused-ring (bicyclic) bond motifs is 1. The van der Waals surface area contributed by atoms with Gasteiger partial charge in [-0.3, -0.25) is 4.79 Å². The van der Waals surface area contributed by atoms with Crippen LogP contribution in [-0.2, 0) is 12.8 Å². The van der Waals surface area contributed by atoms with Crippen molar-refractivity contribution in [1.82, 2.24) is 0 Å². The summed E-state index contributed by atoms with van der Waals surface area (Å²) in [5, 5.41) is 23.9. The fourth-order valence-corrected chi connectivity index (χ4v) is 5.16.